The first-order chi connectivity index (χ1) is 14.8. The summed E-state index contributed by atoms with van der Waals surface area (Å²) >= 11 is 6.05. The van der Waals surface area contributed by atoms with Crippen LogP contribution in [0.5, 0.6) is 5.75 Å². The third-order valence-electron chi connectivity index (χ3n) is 4.46. The SMILES string of the molecule is COc1ccc(S(=O)(=O)N[C@@H](Cc2ccccc2)C(=O)Nc2ccccc2F)cc1Cl. The Hall–Kier alpha value is -2.94. The minimum absolute atomic E-state index is 0.0442. The zero-order valence-corrected chi connectivity index (χ0v) is 18.1. The summed E-state index contributed by atoms with van der Waals surface area (Å²) in [5, 5.41) is 2.56. The van der Waals surface area contributed by atoms with Crippen LogP contribution in [0.1, 0.15) is 5.56 Å². The molecule has 0 aromatic heterocycles. The van der Waals surface area contributed by atoms with Gasteiger partial charge in [0.25, 0.3) is 0 Å². The highest BCUT2D eigenvalue weighted by Crippen LogP contribution is 2.27. The Morgan fingerprint density at radius 3 is 2.39 bits per heavy atom. The van der Waals surface area contributed by atoms with Gasteiger partial charge in [-0.05, 0) is 42.3 Å². The standard InChI is InChI=1S/C22H20ClFN2O4S/c1-30-21-12-11-16(14-17(21)23)31(28,29)26-20(13-15-7-3-2-4-8-15)22(27)25-19-10-6-5-9-18(19)24/h2-12,14,20,26H,13H2,1H3,(H,25,27)/t20-/m0/s1. The summed E-state index contributed by atoms with van der Waals surface area (Å²) in [7, 11) is -2.71. The Morgan fingerprint density at radius 2 is 1.74 bits per heavy atom. The number of para-hydroxylation sites is 1. The molecule has 1 amide bonds. The largest absolute Gasteiger partial charge is 0.495 e. The van der Waals surface area contributed by atoms with E-state index in [2.05, 4.69) is 10.0 Å². The van der Waals surface area contributed by atoms with Gasteiger partial charge in [-0.2, -0.15) is 4.72 Å². The van der Waals surface area contributed by atoms with Gasteiger partial charge in [0.15, 0.2) is 0 Å². The third-order valence-corrected chi connectivity index (χ3v) is 6.23. The predicted molar refractivity (Wildman–Crippen MR) is 117 cm³/mol. The van der Waals surface area contributed by atoms with Crippen molar-refractivity contribution < 1.29 is 22.3 Å². The van der Waals surface area contributed by atoms with Crippen molar-refractivity contribution in [2.24, 2.45) is 0 Å². The number of methoxy groups -OCH3 is 1. The van der Waals surface area contributed by atoms with E-state index in [9.17, 15) is 17.6 Å². The first-order valence-corrected chi connectivity index (χ1v) is 11.1. The van der Waals surface area contributed by atoms with Crippen molar-refractivity contribution in [2.45, 2.75) is 17.4 Å². The summed E-state index contributed by atoms with van der Waals surface area (Å²) in [4.78, 5) is 12.8. The lowest BCUT2D eigenvalue weighted by Gasteiger charge is -2.19. The molecule has 0 saturated carbocycles. The topological polar surface area (TPSA) is 84.5 Å². The Bertz CT molecular complexity index is 1170. The smallest absolute Gasteiger partial charge is 0.242 e. The molecule has 162 valence electrons. The van der Waals surface area contributed by atoms with Crippen molar-refractivity contribution in [3.63, 3.8) is 0 Å². The summed E-state index contributed by atoms with van der Waals surface area (Å²) in [6.07, 6.45) is 0.0598. The molecule has 3 aromatic rings. The molecule has 0 radical (unpaired) electrons. The maximum atomic E-state index is 14.0. The number of rotatable bonds is 8. The van der Waals surface area contributed by atoms with Crippen LogP contribution in [0.4, 0.5) is 10.1 Å². The molecule has 0 heterocycles. The lowest BCUT2D eigenvalue weighted by Crippen LogP contribution is -2.45. The number of hydrogen-bond donors (Lipinski definition) is 2. The third kappa shape index (κ3) is 5.81. The summed E-state index contributed by atoms with van der Waals surface area (Å²) in [6.45, 7) is 0. The fraction of sp³-hybridized carbons (Fsp3) is 0.136. The number of amides is 1. The zero-order chi connectivity index (χ0) is 22.4. The molecule has 0 aliphatic carbocycles. The summed E-state index contributed by atoms with van der Waals surface area (Å²) in [5.41, 5.74) is 0.684. The van der Waals surface area contributed by atoms with Gasteiger partial charge in [-0.15, -0.1) is 0 Å². The van der Waals surface area contributed by atoms with E-state index in [4.69, 9.17) is 16.3 Å². The number of anilines is 1. The highest BCUT2D eigenvalue weighted by molar-refractivity contribution is 7.89. The molecule has 31 heavy (non-hydrogen) atoms. The normalized spacial score (nSPS) is 12.2. The van der Waals surface area contributed by atoms with Crippen LogP contribution in [0, 0.1) is 5.82 Å². The number of hydrogen-bond acceptors (Lipinski definition) is 4. The minimum atomic E-state index is -4.12. The Balaban J connectivity index is 1.89. The second-order valence-electron chi connectivity index (χ2n) is 6.63. The molecular weight excluding hydrogens is 443 g/mol. The molecule has 0 fully saturated rings. The fourth-order valence-electron chi connectivity index (χ4n) is 2.89. The first kappa shape index (κ1) is 22.7. The molecule has 6 nitrogen and oxygen atoms in total. The predicted octanol–water partition coefficient (Wildman–Crippen LogP) is 4.02. The lowest BCUT2D eigenvalue weighted by atomic mass is 10.1. The molecule has 0 spiro atoms. The average Bonchev–Trinajstić information content (AvgIpc) is 2.75. The minimum Gasteiger partial charge on any atom is -0.495 e. The number of ether oxygens (including phenoxy) is 1. The quantitative estimate of drug-likeness (QED) is 0.529. The van der Waals surface area contributed by atoms with Gasteiger partial charge in [0.1, 0.15) is 17.6 Å². The maximum Gasteiger partial charge on any atom is 0.242 e. The van der Waals surface area contributed by atoms with E-state index in [-0.39, 0.29) is 22.0 Å². The molecule has 0 saturated heterocycles. The van der Waals surface area contributed by atoms with Crippen molar-refractivity contribution in [1.82, 2.24) is 4.72 Å². The van der Waals surface area contributed by atoms with Crippen molar-refractivity contribution in [3.8, 4) is 5.75 Å². The highest BCUT2D eigenvalue weighted by Gasteiger charge is 2.27. The number of halogens is 2. The molecule has 3 aromatic carbocycles. The van der Waals surface area contributed by atoms with E-state index in [1.165, 1.54) is 43.5 Å². The molecule has 0 bridgehead atoms. The van der Waals surface area contributed by atoms with Crippen LogP contribution in [-0.4, -0.2) is 27.5 Å². The molecule has 3 rings (SSSR count). The van der Waals surface area contributed by atoms with Crippen molar-refractivity contribution in [1.29, 1.82) is 0 Å². The zero-order valence-electron chi connectivity index (χ0n) is 16.5. The maximum absolute atomic E-state index is 14.0. The molecule has 0 aliphatic rings. The lowest BCUT2D eigenvalue weighted by molar-refractivity contribution is -0.117. The number of nitrogens with one attached hydrogen (secondary N) is 2. The Labute approximate surface area is 185 Å². The van der Waals surface area contributed by atoms with E-state index in [0.29, 0.717) is 5.75 Å². The number of carbonyl (C=O) groups is 1. The van der Waals surface area contributed by atoms with Gasteiger partial charge in [-0.1, -0.05) is 54.1 Å². The molecule has 0 aliphatic heterocycles. The summed E-state index contributed by atoms with van der Waals surface area (Å²) in [6, 6.07) is 17.3. The van der Waals surface area contributed by atoms with E-state index in [1.54, 1.807) is 36.4 Å². The average molecular weight is 463 g/mol. The van der Waals surface area contributed by atoms with E-state index >= 15 is 0 Å². The van der Waals surface area contributed by atoms with Gasteiger partial charge in [-0.3, -0.25) is 4.79 Å². The van der Waals surface area contributed by atoms with Gasteiger partial charge in [0, 0.05) is 0 Å². The van der Waals surface area contributed by atoms with Crippen LogP contribution in [0.15, 0.2) is 77.7 Å². The van der Waals surface area contributed by atoms with Gasteiger partial charge >= 0.3 is 0 Å². The Kier molecular flexibility index (Phi) is 7.27. The van der Waals surface area contributed by atoms with Crippen LogP contribution in [0.2, 0.25) is 5.02 Å². The van der Waals surface area contributed by atoms with Crippen LogP contribution in [0.3, 0.4) is 0 Å². The molecule has 0 unspecified atom stereocenters. The van der Waals surface area contributed by atoms with Crippen LogP contribution in [0.25, 0.3) is 0 Å². The first-order valence-electron chi connectivity index (χ1n) is 9.25. The number of benzene rings is 3. The molecule has 9 heteroatoms. The van der Waals surface area contributed by atoms with Gasteiger partial charge < -0.3 is 10.1 Å². The van der Waals surface area contributed by atoms with Gasteiger partial charge in [0.05, 0.1) is 22.7 Å². The van der Waals surface area contributed by atoms with Crippen molar-refractivity contribution in [2.75, 3.05) is 12.4 Å². The highest BCUT2D eigenvalue weighted by atomic mass is 35.5. The van der Waals surface area contributed by atoms with Crippen LogP contribution < -0.4 is 14.8 Å². The van der Waals surface area contributed by atoms with Gasteiger partial charge in [-0.25, -0.2) is 12.8 Å². The number of carbonyl (C=O) groups excluding carboxylic acids is 1. The van der Waals surface area contributed by atoms with Crippen molar-refractivity contribution >= 4 is 33.2 Å². The second-order valence-corrected chi connectivity index (χ2v) is 8.75. The van der Waals surface area contributed by atoms with Crippen molar-refractivity contribution in [3.05, 3.63) is 89.2 Å². The van der Waals surface area contributed by atoms with E-state index in [0.717, 1.165) is 5.56 Å². The summed E-state index contributed by atoms with van der Waals surface area (Å²) < 4.78 is 47.3. The molecule has 2 N–H and O–H groups in total. The number of sulfonamides is 1. The monoisotopic (exact) mass is 462 g/mol. The fourth-order valence-corrected chi connectivity index (χ4v) is 4.43. The molecular formula is C22H20ClFN2O4S. The van der Waals surface area contributed by atoms with E-state index < -0.39 is 27.8 Å². The van der Waals surface area contributed by atoms with Crippen LogP contribution >= 0.6 is 11.6 Å². The van der Waals surface area contributed by atoms with Gasteiger partial charge in [0.2, 0.25) is 15.9 Å². The summed E-state index contributed by atoms with van der Waals surface area (Å²) in [5.74, 6) is -1.00. The molecule has 1 atom stereocenters. The van der Waals surface area contributed by atoms with E-state index in [1.807, 2.05) is 0 Å². The Morgan fingerprint density at radius 1 is 1.06 bits per heavy atom. The second kappa shape index (κ2) is 9.91. The van der Waals surface area contributed by atoms with Crippen LogP contribution in [-0.2, 0) is 21.2 Å².